The van der Waals surface area contributed by atoms with Crippen molar-refractivity contribution in [2.24, 2.45) is 0 Å². The normalized spacial score (nSPS) is 21.5. The predicted octanol–water partition coefficient (Wildman–Crippen LogP) is 1.27. The molecule has 2 N–H and O–H groups in total. The van der Waals surface area contributed by atoms with Crippen LogP contribution in [0.1, 0.15) is 25.7 Å². The first kappa shape index (κ1) is 18.2. The van der Waals surface area contributed by atoms with Crippen LogP contribution in [0.3, 0.4) is 0 Å². The zero-order chi connectivity index (χ0) is 15.6. The van der Waals surface area contributed by atoms with Gasteiger partial charge in [-0.05, 0) is 50.1 Å². The summed E-state index contributed by atoms with van der Waals surface area (Å²) in [5.41, 5.74) is 0.763. The van der Waals surface area contributed by atoms with E-state index in [-0.39, 0.29) is 29.3 Å². The van der Waals surface area contributed by atoms with E-state index in [0.717, 1.165) is 31.5 Å². The van der Waals surface area contributed by atoms with Gasteiger partial charge in [0.05, 0.1) is 4.90 Å². The number of anilines is 1. The van der Waals surface area contributed by atoms with Crippen LogP contribution in [0.2, 0.25) is 0 Å². The maximum absolute atomic E-state index is 12.3. The molecule has 1 amide bonds. The summed E-state index contributed by atoms with van der Waals surface area (Å²) in [6.45, 7) is 2.07. The molecule has 2 aliphatic heterocycles. The Morgan fingerprint density at radius 2 is 1.96 bits per heavy atom. The van der Waals surface area contributed by atoms with Crippen LogP contribution in [0, 0.1) is 0 Å². The number of carbonyl (C=O) groups is 1. The minimum absolute atomic E-state index is 0. The van der Waals surface area contributed by atoms with E-state index in [1.807, 2.05) is 0 Å². The molecule has 3 rings (SSSR count). The maximum Gasteiger partial charge on any atom is 0.240 e. The third kappa shape index (κ3) is 4.23. The molecule has 0 saturated carbocycles. The monoisotopic (exact) mass is 359 g/mol. The Hall–Kier alpha value is -1.15. The van der Waals surface area contributed by atoms with Crippen LogP contribution >= 0.6 is 12.4 Å². The maximum atomic E-state index is 12.3. The van der Waals surface area contributed by atoms with Crippen molar-refractivity contribution < 1.29 is 13.2 Å². The quantitative estimate of drug-likeness (QED) is 0.829. The summed E-state index contributed by atoms with van der Waals surface area (Å²) in [6, 6.07) is 6.74. The van der Waals surface area contributed by atoms with Gasteiger partial charge in [-0.3, -0.25) is 4.79 Å². The van der Waals surface area contributed by atoms with E-state index in [9.17, 15) is 13.2 Å². The highest BCUT2D eigenvalue weighted by atomic mass is 35.5. The van der Waals surface area contributed by atoms with Crippen LogP contribution in [-0.2, 0) is 14.8 Å². The molecule has 1 aromatic carbocycles. The molecular weight excluding hydrogens is 338 g/mol. The number of carbonyl (C=O) groups excluding carboxylic acids is 1. The van der Waals surface area contributed by atoms with Crippen molar-refractivity contribution in [1.29, 1.82) is 0 Å². The van der Waals surface area contributed by atoms with Crippen molar-refractivity contribution in [3.8, 4) is 0 Å². The van der Waals surface area contributed by atoms with Gasteiger partial charge < -0.3 is 10.2 Å². The fourth-order valence-electron chi connectivity index (χ4n) is 2.95. The molecule has 0 radical (unpaired) electrons. The second-order valence-electron chi connectivity index (χ2n) is 5.79. The van der Waals surface area contributed by atoms with Gasteiger partial charge in [-0.2, -0.15) is 0 Å². The third-order valence-electron chi connectivity index (χ3n) is 4.21. The molecule has 6 nitrogen and oxygen atoms in total. The topological polar surface area (TPSA) is 78.5 Å². The number of sulfonamides is 1. The number of hydrogen-bond donors (Lipinski definition) is 2. The first-order valence-electron chi connectivity index (χ1n) is 7.70. The molecule has 128 valence electrons. The Balaban J connectivity index is 0.00000192. The summed E-state index contributed by atoms with van der Waals surface area (Å²) >= 11 is 0. The first-order valence-corrected chi connectivity index (χ1v) is 9.18. The number of nitrogens with one attached hydrogen (secondary N) is 2. The highest BCUT2D eigenvalue weighted by Gasteiger charge is 2.23. The first-order chi connectivity index (χ1) is 10.6. The average molecular weight is 360 g/mol. The summed E-state index contributed by atoms with van der Waals surface area (Å²) in [6.07, 6.45) is 3.51. The van der Waals surface area contributed by atoms with Crippen LogP contribution in [0.15, 0.2) is 29.2 Å². The lowest BCUT2D eigenvalue weighted by Gasteiger charge is -2.16. The number of rotatable bonds is 5. The molecule has 2 saturated heterocycles. The summed E-state index contributed by atoms with van der Waals surface area (Å²) in [4.78, 5) is 13.6. The SMILES string of the molecule is Cl.O=C1CCCN1c1ccc(S(=O)(=O)NCC2CCCN2)cc1. The van der Waals surface area contributed by atoms with Crippen molar-refractivity contribution in [2.45, 2.75) is 36.6 Å². The standard InChI is InChI=1S/C15H21N3O3S.ClH/c19-15-4-2-10-18(15)13-5-7-14(8-6-13)22(20,21)17-11-12-3-1-9-16-12;/h5-8,12,16-17H,1-4,9-11H2;1H. The average Bonchev–Trinajstić information content (AvgIpc) is 3.17. The van der Waals surface area contributed by atoms with Gasteiger partial charge in [-0.25, -0.2) is 13.1 Å². The molecule has 0 bridgehead atoms. The van der Waals surface area contributed by atoms with E-state index in [2.05, 4.69) is 10.0 Å². The number of benzene rings is 1. The fraction of sp³-hybridized carbons (Fsp3) is 0.533. The summed E-state index contributed by atoms with van der Waals surface area (Å²) < 4.78 is 27.2. The van der Waals surface area contributed by atoms with Crippen LogP contribution in [0.5, 0.6) is 0 Å². The van der Waals surface area contributed by atoms with Crippen LogP contribution in [0.4, 0.5) is 5.69 Å². The smallest absolute Gasteiger partial charge is 0.240 e. The lowest BCUT2D eigenvalue weighted by molar-refractivity contribution is -0.117. The molecule has 1 aromatic rings. The Kier molecular flexibility index (Phi) is 6.02. The summed E-state index contributed by atoms with van der Waals surface area (Å²) in [7, 11) is -3.50. The largest absolute Gasteiger partial charge is 0.313 e. The van der Waals surface area contributed by atoms with Crippen molar-refractivity contribution in [3.05, 3.63) is 24.3 Å². The molecule has 2 aliphatic rings. The van der Waals surface area contributed by atoms with E-state index in [1.165, 1.54) is 0 Å². The number of amides is 1. The van der Waals surface area contributed by atoms with Gasteiger partial charge in [0.25, 0.3) is 0 Å². The van der Waals surface area contributed by atoms with Gasteiger partial charge in [0.2, 0.25) is 15.9 Å². The zero-order valence-corrected chi connectivity index (χ0v) is 14.5. The van der Waals surface area contributed by atoms with E-state index < -0.39 is 10.0 Å². The molecule has 1 unspecified atom stereocenters. The molecule has 8 heteroatoms. The van der Waals surface area contributed by atoms with Crippen LogP contribution < -0.4 is 14.9 Å². The number of hydrogen-bond acceptors (Lipinski definition) is 4. The third-order valence-corrected chi connectivity index (χ3v) is 5.65. The molecule has 0 aliphatic carbocycles. The summed E-state index contributed by atoms with van der Waals surface area (Å²) in [5, 5.41) is 3.26. The second kappa shape index (κ2) is 7.61. The van der Waals surface area contributed by atoms with Gasteiger partial charge in [0.15, 0.2) is 0 Å². The van der Waals surface area contributed by atoms with E-state index in [4.69, 9.17) is 0 Å². The molecule has 2 heterocycles. The van der Waals surface area contributed by atoms with Crippen molar-refractivity contribution in [3.63, 3.8) is 0 Å². The van der Waals surface area contributed by atoms with Crippen molar-refractivity contribution in [2.75, 3.05) is 24.5 Å². The van der Waals surface area contributed by atoms with Gasteiger partial charge in [-0.15, -0.1) is 12.4 Å². The Morgan fingerprint density at radius 3 is 2.52 bits per heavy atom. The minimum atomic E-state index is -3.50. The Labute approximate surface area is 143 Å². The van der Waals surface area contributed by atoms with Crippen LogP contribution in [-0.4, -0.2) is 40.0 Å². The molecule has 2 fully saturated rings. The highest BCUT2D eigenvalue weighted by molar-refractivity contribution is 7.89. The van der Waals surface area contributed by atoms with Gasteiger partial charge >= 0.3 is 0 Å². The minimum Gasteiger partial charge on any atom is -0.313 e. The highest BCUT2D eigenvalue weighted by Crippen LogP contribution is 2.22. The second-order valence-corrected chi connectivity index (χ2v) is 7.55. The van der Waals surface area contributed by atoms with Gasteiger partial charge in [0, 0.05) is 31.2 Å². The Morgan fingerprint density at radius 1 is 1.22 bits per heavy atom. The lowest BCUT2D eigenvalue weighted by Crippen LogP contribution is -2.37. The van der Waals surface area contributed by atoms with Crippen molar-refractivity contribution >= 4 is 34.0 Å². The van der Waals surface area contributed by atoms with E-state index in [1.54, 1.807) is 29.2 Å². The number of halogens is 1. The molecule has 1 atom stereocenters. The fourth-order valence-corrected chi connectivity index (χ4v) is 4.03. The molecule has 23 heavy (non-hydrogen) atoms. The molecular formula is C15H22ClN3O3S. The van der Waals surface area contributed by atoms with Gasteiger partial charge in [0.1, 0.15) is 0 Å². The number of nitrogens with zero attached hydrogens (tertiary/aromatic N) is 1. The van der Waals surface area contributed by atoms with E-state index >= 15 is 0 Å². The van der Waals surface area contributed by atoms with Crippen LogP contribution in [0.25, 0.3) is 0 Å². The van der Waals surface area contributed by atoms with Gasteiger partial charge in [-0.1, -0.05) is 0 Å². The predicted molar refractivity (Wildman–Crippen MR) is 91.5 cm³/mol. The summed E-state index contributed by atoms with van der Waals surface area (Å²) in [5.74, 6) is 0.0982. The zero-order valence-electron chi connectivity index (χ0n) is 12.8. The lowest BCUT2D eigenvalue weighted by atomic mass is 10.2. The van der Waals surface area contributed by atoms with Crippen molar-refractivity contribution in [1.82, 2.24) is 10.0 Å². The van der Waals surface area contributed by atoms with E-state index in [0.29, 0.717) is 19.5 Å². The Bertz CT molecular complexity index is 642. The molecule has 0 aromatic heterocycles. The molecule has 0 spiro atoms.